The number of pyridine rings is 1. The Balaban J connectivity index is 1.36. The number of rotatable bonds is 4. The molecule has 5 rings (SSSR count). The van der Waals surface area contributed by atoms with Crippen LogP contribution in [0.2, 0.25) is 0 Å². The number of fused-ring (bicyclic) bond motifs is 1. The molecule has 2 amide bonds. The molecular weight excluding hydrogens is 412 g/mol. The van der Waals surface area contributed by atoms with E-state index in [0.717, 1.165) is 34.7 Å². The normalized spacial score (nSPS) is 13.9. The van der Waals surface area contributed by atoms with Crippen LogP contribution in [0.15, 0.2) is 60.2 Å². The number of amides is 2. The van der Waals surface area contributed by atoms with Gasteiger partial charge in [0.05, 0.1) is 35.3 Å². The summed E-state index contributed by atoms with van der Waals surface area (Å²) in [5.41, 5.74) is 3.13. The van der Waals surface area contributed by atoms with Crippen LogP contribution in [0.5, 0.6) is 0 Å². The first-order chi connectivity index (χ1) is 15.3. The van der Waals surface area contributed by atoms with Crippen molar-refractivity contribution in [3.8, 4) is 11.4 Å². The minimum atomic E-state index is -0.328. The standard InChI is InChI=1S/C22H20N6O2S/c29-22(25-17-2-1-8-23-14-17)24-16-5-3-15(4-6-16)20-26-18-7-13-31-19(18)21(27-20)28-9-11-30-12-10-28/h1-8,13-14H,9-12H2,(H2,24,25,29). The second-order valence-corrected chi connectivity index (χ2v) is 7.92. The van der Waals surface area contributed by atoms with E-state index in [2.05, 4.69) is 20.5 Å². The molecule has 9 heteroatoms. The summed E-state index contributed by atoms with van der Waals surface area (Å²) in [5.74, 6) is 1.62. The van der Waals surface area contributed by atoms with Crippen molar-refractivity contribution in [2.75, 3.05) is 41.8 Å². The number of aromatic nitrogens is 3. The van der Waals surface area contributed by atoms with Gasteiger partial charge in [0, 0.05) is 30.5 Å². The monoisotopic (exact) mass is 432 g/mol. The average Bonchev–Trinajstić information content (AvgIpc) is 3.29. The lowest BCUT2D eigenvalue weighted by Crippen LogP contribution is -2.36. The van der Waals surface area contributed by atoms with E-state index in [1.807, 2.05) is 35.7 Å². The molecule has 31 heavy (non-hydrogen) atoms. The fourth-order valence-electron chi connectivity index (χ4n) is 3.40. The van der Waals surface area contributed by atoms with Crippen LogP contribution in [0.4, 0.5) is 22.0 Å². The molecule has 0 bridgehead atoms. The van der Waals surface area contributed by atoms with Crippen LogP contribution in [0.1, 0.15) is 0 Å². The molecule has 4 heterocycles. The van der Waals surface area contributed by atoms with Crippen LogP contribution in [-0.2, 0) is 4.74 Å². The highest BCUT2D eigenvalue weighted by molar-refractivity contribution is 7.17. The Bertz CT molecular complexity index is 1190. The molecule has 156 valence electrons. The number of anilines is 3. The molecule has 0 atom stereocenters. The summed E-state index contributed by atoms with van der Waals surface area (Å²) in [5, 5.41) is 7.61. The van der Waals surface area contributed by atoms with Gasteiger partial charge in [0.25, 0.3) is 0 Å². The van der Waals surface area contributed by atoms with Gasteiger partial charge in [-0.2, -0.15) is 0 Å². The van der Waals surface area contributed by atoms with Gasteiger partial charge in [-0.15, -0.1) is 11.3 Å². The number of nitrogens with one attached hydrogen (secondary N) is 2. The summed E-state index contributed by atoms with van der Waals surface area (Å²) in [6.07, 6.45) is 3.24. The van der Waals surface area contributed by atoms with Crippen molar-refractivity contribution in [2.45, 2.75) is 0 Å². The molecule has 4 aromatic rings. The van der Waals surface area contributed by atoms with Gasteiger partial charge in [0.1, 0.15) is 0 Å². The largest absolute Gasteiger partial charge is 0.378 e. The number of benzene rings is 1. The number of nitrogens with zero attached hydrogens (tertiary/aromatic N) is 4. The number of carbonyl (C=O) groups excluding carboxylic acids is 1. The average molecular weight is 433 g/mol. The van der Waals surface area contributed by atoms with Crippen LogP contribution in [-0.4, -0.2) is 47.3 Å². The summed E-state index contributed by atoms with van der Waals surface area (Å²) in [6.45, 7) is 3.04. The first-order valence-electron chi connectivity index (χ1n) is 9.93. The van der Waals surface area contributed by atoms with Crippen LogP contribution < -0.4 is 15.5 Å². The van der Waals surface area contributed by atoms with Crippen molar-refractivity contribution in [3.05, 3.63) is 60.2 Å². The molecule has 1 aliphatic rings. The smallest absolute Gasteiger partial charge is 0.323 e. The maximum Gasteiger partial charge on any atom is 0.323 e. The van der Waals surface area contributed by atoms with Gasteiger partial charge in [0.15, 0.2) is 11.6 Å². The maximum absolute atomic E-state index is 12.2. The lowest BCUT2D eigenvalue weighted by atomic mass is 10.2. The van der Waals surface area contributed by atoms with E-state index in [-0.39, 0.29) is 6.03 Å². The maximum atomic E-state index is 12.2. The molecule has 1 aromatic carbocycles. The Morgan fingerprint density at radius 3 is 2.58 bits per heavy atom. The van der Waals surface area contributed by atoms with Crippen molar-refractivity contribution in [1.82, 2.24) is 15.0 Å². The van der Waals surface area contributed by atoms with E-state index in [0.29, 0.717) is 30.4 Å². The van der Waals surface area contributed by atoms with E-state index in [1.165, 1.54) is 0 Å². The topological polar surface area (TPSA) is 92.3 Å². The highest BCUT2D eigenvalue weighted by Crippen LogP contribution is 2.32. The molecule has 8 nitrogen and oxygen atoms in total. The van der Waals surface area contributed by atoms with Gasteiger partial charge in [-0.3, -0.25) is 4.98 Å². The van der Waals surface area contributed by atoms with E-state index in [4.69, 9.17) is 14.7 Å². The summed E-state index contributed by atoms with van der Waals surface area (Å²) >= 11 is 1.66. The molecule has 0 saturated carbocycles. The van der Waals surface area contributed by atoms with Crippen LogP contribution in [0, 0.1) is 0 Å². The Morgan fingerprint density at radius 1 is 1.00 bits per heavy atom. The molecule has 3 aromatic heterocycles. The zero-order valence-electron chi connectivity index (χ0n) is 16.6. The zero-order chi connectivity index (χ0) is 21.0. The molecule has 0 spiro atoms. The van der Waals surface area contributed by atoms with Gasteiger partial charge in [-0.1, -0.05) is 0 Å². The number of ether oxygens (including phenoxy) is 1. The Labute approximate surface area is 182 Å². The third-order valence-electron chi connectivity index (χ3n) is 4.92. The van der Waals surface area contributed by atoms with E-state index in [1.54, 1.807) is 35.9 Å². The van der Waals surface area contributed by atoms with Crippen molar-refractivity contribution < 1.29 is 9.53 Å². The molecular formula is C22H20N6O2S. The number of hydrogen-bond donors (Lipinski definition) is 2. The highest BCUT2D eigenvalue weighted by atomic mass is 32.1. The third kappa shape index (κ3) is 4.32. The van der Waals surface area contributed by atoms with Crippen LogP contribution >= 0.6 is 11.3 Å². The zero-order valence-corrected chi connectivity index (χ0v) is 17.4. The van der Waals surface area contributed by atoms with E-state index >= 15 is 0 Å². The fourth-order valence-corrected chi connectivity index (χ4v) is 4.25. The summed E-state index contributed by atoms with van der Waals surface area (Å²) in [4.78, 5) is 28.0. The van der Waals surface area contributed by atoms with Crippen molar-refractivity contribution in [3.63, 3.8) is 0 Å². The third-order valence-corrected chi connectivity index (χ3v) is 5.82. The van der Waals surface area contributed by atoms with Gasteiger partial charge in [-0.05, 0) is 47.8 Å². The highest BCUT2D eigenvalue weighted by Gasteiger charge is 2.18. The minimum absolute atomic E-state index is 0.328. The van der Waals surface area contributed by atoms with Crippen molar-refractivity contribution in [2.24, 2.45) is 0 Å². The van der Waals surface area contributed by atoms with E-state index in [9.17, 15) is 4.79 Å². The van der Waals surface area contributed by atoms with Gasteiger partial charge in [0.2, 0.25) is 0 Å². The lowest BCUT2D eigenvalue weighted by Gasteiger charge is -2.28. The quantitative estimate of drug-likeness (QED) is 0.501. The molecule has 0 aliphatic carbocycles. The summed E-state index contributed by atoms with van der Waals surface area (Å²) < 4.78 is 6.58. The Kier molecular flexibility index (Phi) is 5.42. The SMILES string of the molecule is O=C(Nc1ccc(-c2nc(N3CCOCC3)c3sccc3n2)cc1)Nc1cccnc1. The van der Waals surface area contributed by atoms with Gasteiger partial charge in [-0.25, -0.2) is 14.8 Å². The molecule has 2 N–H and O–H groups in total. The van der Waals surface area contributed by atoms with Gasteiger partial charge >= 0.3 is 6.03 Å². The van der Waals surface area contributed by atoms with Crippen molar-refractivity contribution in [1.29, 1.82) is 0 Å². The van der Waals surface area contributed by atoms with Crippen LogP contribution in [0.25, 0.3) is 21.6 Å². The predicted octanol–water partition coefficient (Wildman–Crippen LogP) is 4.23. The van der Waals surface area contributed by atoms with Gasteiger partial charge < -0.3 is 20.3 Å². The Morgan fingerprint density at radius 2 is 1.81 bits per heavy atom. The summed E-state index contributed by atoms with van der Waals surface area (Å²) in [6, 6.07) is 12.7. The first kappa shape index (κ1) is 19.4. The van der Waals surface area contributed by atoms with Crippen molar-refractivity contribution >= 4 is 44.8 Å². The molecule has 0 radical (unpaired) electrons. The second-order valence-electron chi connectivity index (χ2n) is 7.00. The molecule has 1 aliphatic heterocycles. The first-order valence-corrected chi connectivity index (χ1v) is 10.8. The number of hydrogen-bond acceptors (Lipinski definition) is 7. The second kappa shape index (κ2) is 8.66. The number of urea groups is 1. The number of thiophene rings is 1. The van der Waals surface area contributed by atoms with Crippen LogP contribution in [0.3, 0.4) is 0 Å². The number of carbonyl (C=O) groups is 1. The number of morpholine rings is 1. The molecule has 1 fully saturated rings. The molecule has 0 unspecified atom stereocenters. The fraction of sp³-hybridized carbons (Fsp3) is 0.182. The predicted molar refractivity (Wildman–Crippen MR) is 123 cm³/mol. The summed E-state index contributed by atoms with van der Waals surface area (Å²) in [7, 11) is 0. The van der Waals surface area contributed by atoms with E-state index < -0.39 is 0 Å². The molecule has 1 saturated heterocycles. The Hall–Kier alpha value is -3.56. The lowest BCUT2D eigenvalue weighted by molar-refractivity contribution is 0.122. The minimum Gasteiger partial charge on any atom is -0.378 e.